The minimum absolute atomic E-state index is 0.684. The fourth-order valence-electron chi connectivity index (χ4n) is 0.555. The van der Waals surface area contributed by atoms with E-state index in [-0.39, 0.29) is 0 Å². The maximum atomic E-state index is 6.76. The van der Waals surface area contributed by atoms with Crippen LogP contribution >= 0.6 is 0 Å². The number of rotatable bonds is 5. The van der Waals surface area contributed by atoms with Crippen LogP contribution in [0.1, 0.15) is 6.92 Å². The lowest BCUT2D eigenvalue weighted by molar-refractivity contribution is 0.185. The van der Waals surface area contributed by atoms with Crippen LogP contribution < -0.4 is 0 Å². The molecule has 0 aliphatic rings. The molecule has 0 radical (unpaired) electrons. The highest BCUT2D eigenvalue weighted by Crippen LogP contribution is 1.92. The number of allylic oxidation sites excluding steroid dienone is 2. The van der Waals surface area contributed by atoms with Gasteiger partial charge in [-0.25, -0.2) is 0 Å². The average molecular weight is 156 g/mol. The zero-order valence-electron chi connectivity index (χ0n) is 7.42. The molecule has 0 aromatic heterocycles. The van der Waals surface area contributed by atoms with E-state index in [0.29, 0.717) is 6.61 Å². The zero-order chi connectivity index (χ0) is 8.69. The van der Waals surface area contributed by atoms with Crippen molar-refractivity contribution in [1.29, 1.82) is 5.41 Å². The Bertz CT molecular complexity index is 141. The highest BCUT2D eigenvalue weighted by molar-refractivity contribution is 5.68. The molecule has 0 aliphatic heterocycles. The van der Waals surface area contributed by atoms with Crippen LogP contribution in [0.4, 0.5) is 0 Å². The fourth-order valence-corrected chi connectivity index (χ4v) is 0.555. The first-order valence-electron chi connectivity index (χ1n) is 3.61. The third kappa shape index (κ3) is 7.06. The third-order valence-corrected chi connectivity index (χ3v) is 1.19. The van der Waals surface area contributed by atoms with Crippen LogP contribution in [0.2, 0.25) is 0 Å². The molecule has 11 heavy (non-hydrogen) atoms. The van der Waals surface area contributed by atoms with Gasteiger partial charge in [-0.2, -0.15) is 0 Å². The van der Waals surface area contributed by atoms with Gasteiger partial charge in [0.2, 0.25) is 0 Å². The third-order valence-electron chi connectivity index (χ3n) is 1.19. The molecule has 3 nitrogen and oxygen atoms in total. The molecule has 0 unspecified atom stereocenters. The van der Waals surface area contributed by atoms with Gasteiger partial charge in [-0.3, -0.25) is 0 Å². The lowest BCUT2D eigenvalue weighted by atomic mass is 10.5. The summed E-state index contributed by atoms with van der Waals surface area (Å²) in [5, 5.41) is 6.76. The summed E-state index contributed by atoms with van der Waals surface area (Å²) < 4.78 is 5.26. The SMILES string of the molecule is C/C(=C/C=N)OCCN(C)C. The molecule has 0 amide bonds. The van der Waals surface area contributed by atoms with Gasteiger partial charge in [-0.1, -0.05) is 0 Å². The first kappa shape index (κ1) is 10.2. The Hall–Kier alpha value is -0.830. The van der Waals surface area contributed by atoms with Crippen molar-refractivity contribution < 1.29 is 4.74 Å². The second-order valence-electron chi connectivity index (χ2n) is 2.60. The molecular formula is C8H16N2O. The van der Waals surface area contributed by atoms with Crippen molar-refractivity contribution in [3.63, 3.8) is 0 Å². The Balaban J connectivity index is 3.38. The summed E-state index contributed by atoms with van der Waals surface area (Å²) in [6.07, 6.45) is 2.86. The summed E-state index contributed by atoms with van der Waals surface area (Å²) in [6.45, 7) is 3.44. The topological polar surface area (TPSA) is 36.3 Å². The lowest BCUT2D eigenvalue weighted by Gasteiger charge is -2.10. The van der Waals surface area contributed by atoms with Gasteiger partial charge in [-0.05, 0) is 27.1 Å². The minimum Gasteiger partial charge on any atom is -0.497 e. The average Bonchev–Trinajstić information content (AvgIpc) is 1.87. The van der Waals surface area contributed by atoms with Gasteiger partial charge in [-0.15, -0.1) is 0 Å². The maximum Gasteiger partial charge on any atom is 0.100 e. The van der Waals surface area contributed by atoms with E-state index >= 15 is 0 Å². The van der Waals surface area contributed by atoms with Crippen LogP contribution in [0.25, 0.3) is 0 Å². The first-order chi connectivity index (χ1) is 5.16. The summed E-state index contributed by atoms with van der Waals surface area (Å²) in [7, 11) is 4.00. The second kappa shape index (κ2) is 5.92. The van der Waals surface area contributed by atoms with E-state index in [0.717, 1.165) is 12.3 Å². The summed E-state index contributed by atoms with van der Waals surface area (Å²) >= 11 is 0. The maximum absolute atomic E-state index is 6.76. The first-order valence-corrected chi connectivity index (χ1v) is 3.61. The number of nitrogens with zero attached hydrogens (tertiary/aromatic N) is 1. The van der Waals surface area contributed by atoms with Crippen molar-refractivity contribution in [2.24, 2.45) is 0 Å². The molecule has 0 rings (SSSR count). The molecule has 64 valence electrons. The van der Waals surface area contributed by atoms with Crippen LogP contribution in [0.5, 0.6) is 0 Å². The van der Waals surface area contributed by atoms with E-state index in [1.807, 2.05) is 21.0 Å². The summed E-state index contributed by atoms with van der Waals surface area (Å²) in [4.78, 5) is 2.05. The highest BCUT2D eigenvalue weighted by Gasteiger charge is 1.90. The van der Waals surface area contributed by atoms with E-state index < -0.39 is 0 Å². The van der Waals surface area contributed by atoms with Crippen LogP contribution in [-0.2, 0) is 4.74 Å². The van der Waals surface area contributed by atoms with E-state index in [9.17, 15) is 0 Å². The quantitative estimate of drug-likeness (QED) is 0.478. The normalized spacial score (nSPS) is 11.8. The molecule has 0 heterocycles. The van der Waals surface area contributed by atoms with E-state index in [1.165, 1.54) is 6.21 Å². The molecule has 0 atom stereocenters. The molecule has 0 aliphatic carbocycles. The summed E-state index contributed by atoms with van der Waals surface area (Å²) in [6, 6.07) is 0. The van der Waals surface area contributed by atoms with Crippen LogP contribution in [-0.4, -0.2) is 38.4 Å². The molecule has 3 heteroatoms. The monoisotopic (exact) mass is 156 g/mol. The number of likely N-dealkylation sites (N-methyl/N-ethyl adjacent to an activating group) is 1. The Morgan fingerprint density at radius 3 is 2.64 bits per heavy atom. The van der Waals surface area contributed by atoms with Gasteiger partial charge in [0, 0.05) is 12.8 Å². The molecular weight excluding hydrogens is 140 g/mol. The number of ether oxygens (including phenoxy) is 1. The van der Waals surface area contributed by atoms with Crippen molar-refractivity contribution in [2.75, 3.05) is 27.2 Å². The molecule has 0 fully saturated rings. The summed E-state index contributed by atoms with van der Waals surface area (Å²) in [5.74, 6) is 0.793. The van der Waals surface area contributed by atoms with Gasteiger partial charge in [0.05, 0.1) is 5.76 Å². The molecule has 0 bridgehead atoms. The molecule has 0 aromatic carbocycles. The second-order valence-corrected chi connectivity index (χ2v) is 2.60. The highest BCUT2D eigenvalue weighted by atomic mass is 16.5. The Morgan fingerprint density at radius 1 is 1.55 bits per heavy atom. The van der Waals surface area contributed by atoms with Gasteiger partial charge in [0.25, 0.3) is 0 Å². The predicted octanol–water partition coefficient (Wildman–Crippen LogP) is 1.12. The smallest absolute Gasteiger partial charge is 0.100 e. The largest absolute Gasteiger partial charge is 0.497 e. The van der Waals surface area contributed by atoms with Gasteiger partial charge in [0.1, 0.15) is 6.61 Å². The number of nitrogens with one attached hydrogen (secondary N) is 1. The van der Waals surface area contributed by atoms with Crippen LogP contribution in [0.3, 0.4) is 0 Å². The summed E-state index contributed by atoms with van der Waals surface area (Å²) in [5.41, 5.74) is 0. The Kier molecular flexibility index (Phi) is 5.47. The van der Waals surface area contributed by atoms with Crippen molar-refractivity contribution in [3.8, 4) is 0 Å². The van der Waals surface area contributed by atoms with E-state index in [2.05, 4.69) is 4.90 Å². The Morgan fingerprint density at radius 2 is 2.18 bits per heavy atom. The zero-order valence-corrected chi connectivity index (χ0v) is 7.42. The van der Waals surface area contributed by atoms with Crippen LogP contribution in [0.15, 0.2) is 11.8 Å². The predicted molar refractivity (Wildman–Crippen MR) is 47.0 cm³/mol. The van der Waals surface area contributed by atoms with Crippen LogP contribution in [0, 0.1) is 5.41 Å². The lowest BCUT2D eigenvalue weighted by Crippen LogP contribution is -2.17. The van der Waals surface area contributed by atoms with Gasteiger partial charge >= 0.3 is 0 Å². The standard InChI is InChI=1S/C8H16N2O/c1-8(4-5-9)11-7-6-10(2)3/h4-5,9H,6-7H2,1-3H3/b8-4-,9-5?. The number of hydrogen-bond acceptors (Lipinski definition) is 3. The minimum atomic E-state index is 0.684. The van der Waals surface area contributed by atoms with Crippen molar-refractivity contribution in [1.82, 2.24) is 4.90 Å². The van der Waals surface area contributed by atoms with E-state index in [1.54, 1.807) is 6.08 Å². The van der Waals surface area contributed by atoms with Crippen molar-refractivity contribution >= 4 is 6.21 Å². The van der Waals surface area contributed by atoms with Crippen molar-refractivity contribution in [2.45, 2.75) is 6.92 Å². The Labute approximate surface area is 68.2 Å². The fraction of sp³-hybridized carbons (Fsp3) is 0.625. The van der Waals surface area contributed by atoms with Crippen molar-refractivity contribution in [3.05, 3.63) is 11.8 Å². The van der Waals surface area contributed by atoms with Gasteiger partial charge in [0.15, 0.2) is 0 Å². The van der Waals surface area contributed by atoms with E-state index in [4.69, 9.17) is 10.1 Å². The molecule has 0 saturated carbocycles. The van der Waals surface area contributed by atoms with Gasteiger partial charge < -0.3 is 15.0 Å². The molecule has 0 aromatic rings. The molecule has 0 saturated heterocycles. The molecule has 0 spiro atoms. The number of hydrogen-bond donors (Lipinski definition) is 1. The molecule has 1 N–H and O–H groups in total.